The van der Waals surface area contributed by atoms with E-state index in [0.717, 1.165) is 41.9 Å². The fourth-order valence-corrected chi connectivity index (χ4v) is 3.13. The maximum absolute atomic E-state index is 11.4. The third-order valence-electron chi connectivity index (χ3n) is 4.40. The van der Waals surface area contributed by atoms with E-state index in [9.17, 15) is 9.90 Å². The van der Waals surface area contributed by atoms with Crippen molar-refractivity contribution >= 4 is 16.9 Å². The van der Waals surface area contributed by atoms with Crippen LogP contribution < -0.4 is 10.1 Å². The van der Waals surface area contributed by atoms with Gasteiger partial charge in [0, 0.05) is 17.5 Å². The summed E-state index contributed by atoms with van der Waals surface area (Å²) in [6, 6.07) is 16.8. The molecule has 5 heteroatoms. The van der Waals surface area contributed by atoms with Gasteiger partial charge in [-0.1, -0.05) is 30.3 Å². The summed E-state index contributed by atoms with van der Waals surface area (Å²) >= 11 is 0. The zero-order valence-electron chi connectivity index (χ0n) is 13.6. The number of hydrogen-bond donors (Lipinski definition) is 2. The molecule has 1 fully saturated rings. The van der Waals surface area contributed by atoms with Crippen molar-refractivity contribution in [2.75, 3.05) is 13.1 Å². The minimum absolute atomic E-state index is 0.193. The van der Waals surface area contributed by atoms with Gasteiger partial charge in [0.25, 0.3) is 0 Å². The Morgan fingerprint density at radius 2 is 2.04 bits per heavy atom. The van der Waals surface area contributed by atoms with Crippen LogP contribution in [0.1, 0.15) is 16.8 Å². The highest BCUT2D eigenvalue weighted by Crippen LogP contribution is 2.26. The molecule has 2 aromatic carbocycles. The smallest absolute Gasteiger partial charge is 0.337 e. The van der Waals surface area contributed by atoms with Gasteiger partial charge >= 0.3 is 5.97 Å². The summed E-state index contributed by atoms with van der Waals surface area (Å²) < 4.78 is 6.00. The van der Waals surface area contributed by atoms with E-state index in [4.69, 9.17) is 4.74 Å². The van der Waals surface area contributed by atoms with E-state index < -0.39 is 5.97 Å². The number of pyridine rings is 1. The molecule has 0 aliphatic carbocycles. The molecule has 5 nitrogen and oxygen atoms in total. The molecular weight excluding hydrogens is 316 g/mol. The number of carboxylic acids is 1. The number of benzene rings is 2. The fraction of sp³-hybridized carbons (Fsp3) is 0.200. The fourth-order valence-electron chi connectivity index (χ4n) is 3.13. The first-order valence-corrected chi connectivity index (χ1v) is 8.31. The van der Waals surface area contributed by atoms with Gasteiger partial charge in [-0.15, -0.1) is 0 Å². The first-order chi connectivity index (χ1) is 12.2. The van der Waals surface area contributed by atoms with Gasteiger partial charge in [0.05, 0.1) is 16.8 Å². The molecule has 1 unspecified atom stereocenters. The van der Waals surface area contributed by atoms with Crippen LogP contribution in [0.5, 0.6) is 5.75 Å². The number of nitrogens with one attached hydrogen (secondary N) is 1. The lowest BCUT2D eigenvalue weighted by Crippen LogP contribution is -2.19. The number of carboxylic acid groups (broad SMARTS) is 1. The minimum atomic E-state index is -0.971. The Morgan fingerprint density at radius 1 is 1.16 bits per heavy atom. The van der Waals surface area contributed by atoms with Gasteiger partial charge in [0.1, 0.15) is 11.9 Å². The average Bonchev–Trinajstić information content (AvgIpc) is 3.14. The van der Waals surface area contributed by atoms with Crippen molar-refractivity contribution < 1.29 is 14.6 Å². The predicted octanol–water partition coefficient (Wildman–Crippen LogP) is 3.34. The molecule has 0 bridgehead atoms. The Labute approximate surface area is 145 Å². The number of aromatic carboxylic acids is 1. The second kappa shape index (κ2) is 6.53. The predicted molar refractivity (Wildman–Crippen MR) is 96.0 cm³/mol. The molecule has 0 saturated carbocycles. The molecule has 0 radical (unpaired) electrons. The van der Waals surface area contributed by atoms with Gasteiger partial charge in [0.2, 0.25) is 0 Å². The molecule has 126 valence electrons. The number of rotatable bonds is 4. The number of hydrogen-bond acceptors (Lipinski definition) is 4. The summed E-state index contributed by atoms with van der Waals surface area (Å²) in [6.07, 6.45) is 1.19. The SMILES string of the molecule is O=C(O)c1cccc2ccc(-c3cccc(OC4CCNC4)c3)nc12. The maximum atomic E-state index is 11.4. The second-order valence-corrected chi connectivity index (χ2v) is 6.14. The highest BCUT2D eigenvalue weighted by Gasteiger charge is 2.16. The molecular formula is C20H18N2O3. The summed E-state index contributed by atoms with van der Waals surface area (Å²) in [7, 11) is 0. The largest absolute Gasteiger partial charge is 0.489 e. The third kappa shape index (κ3) is 3.19. The lowest BCUT2D eigenvalue weighted by atomic mass is 10.1. The van der Waals surface area contributed by atoms with Crippen molar-refractivity contribution in [1.82, 2.24) is 10.3 Å². The van der Waals surface area contributed by atoms with Crippen LogP contribution in [0.2, 0.25) is 0 Å². The summed E-state index contributed by atoms with van der Waals surface area (Å²) in [6.45, 7) is 1.84. The van der Waals surface area contributed by atoms with Crippen LogP contribution >= 0.6 is 0 Å². The highest BCUT2D eigenvalue weighted by atomic mass is 16.5. The monoisotopic (exact) mass is 334 g/mol. The van der Waals surface area contributed by atoms with Gasteiger partial charge < -0.3 is 15.2 Å². The zero-order chi connectivity index (χ0) is 17.2. The molecule has 1 aliphatic rings. The van der Waals surface area contributed by atoms with Gasteiger partial charge in [-0.25, -0.2) is 9.78 Å². The Kier molecular flexibility index (Phi) is 4.07. The van der Waals surface area contributed by atoms with Crippen molar-refractivity contribution in [2.45, 2.75) is 12.5 Å². The molecule has 25 heavy (non-hydrogen) atoms. The minimum Gasteiger partial charge on any atom is -0.489 e. The lowest BCUT2D eigenvalue weighted by Gasteiger charge is -2.13. The molecule has 1 atom stereocenters. The molecule has 2 N–H and O–H groups in total. The summed E-state index contributed by atoms with van der Waals surface area (Å²) in [5.41, 5.74) is 2.35. The normalized spacial score (nSPS) is 16.9. The van der Waals surface area contributed by atoms with Crippen LogP contribution in [0.4, 0.5) is 0 Å². The van der Waals surface area contributed by atoms with Crippen LogP contribution in [0.25, 0.3) is 22.2 Å². The molecule has 0 spiro atoms. The van der Waals surface area contributed by atoms with Crippen molar-refractivity contribution in [3.63, 3.8) is 0 Å². The van der Waals surface area contributed by atoms with E-state index in [1.807, 2.05) is 42.5 Å². The molecule has 1 saturated heterocycles. The number of ether oxygens (including phenoxy) is 1. The molecule has 1 aromatic heterocycles. The first kappa shape index (κ1) is 15.6. The third-order valence-corrected chi connectivity index (χ3v) is 4.40. The van der Waals surface area contributed by atoms with Gasteiger partial charge in [-0.05, 0) is 37.2 Å². The van der Waals surface area contributed by atoms with Gasteiger partial charge in [-0.3, -0.25) is 0 Å². The van der Waals surface area contributed by atoms with E-state index in [1.165, 1.54) is 0 Å². The quantitative estimate of drug-likeness (QED) is 0.766. The number of aromatic nitrogens is 1. The number of para-hydroxylation sites is 1. The molecule has 3 aromatic rings. The summed E-state index contributed by atoms with van der Waals surface area (Å²) in [5, 5.41) is 13.5. The molecule has 1 aliphatic heterocycles. The standard InChI is InChI=1S/C20H18N2O3/c23-20(24)17-6-2-3-13-7-8-18(22-19(13)17)14-4-1-5-15(11-14)25-16-9-10-21-12-16/h1-8,11,16,21H,9-10,12H2,(H,23,24). The lowest BCUT2D eigenvalue weighted by molar-refractivity contribution is 0.0699. The Bertz CT molecular complexity index is 933. The van der Waals surface area contributed by atoms with E-state index >= 15 is 0 Å². The van der Waals surface area contributed by atoms with E-state index in [2.05, 4.69) is 10.3 Å². The highest BCUT2D eigenvalue weighted by molar-refractivity contribution is 6.02. The average molecular weight is 334 g/mol. The maximum Gasteiger partial charge on any atom is 0.337 e. The number of carbonyl (C=O) groups is 1. The van der Waals surface area contributed by atoms with Gasteiger partial charge in [0.15, 0.2) is 0 Å². The summed E-state index contributed by atoms with van der Waals surface area (Å²) in [4.78, 5) is 16.0. The Morgan fingerprint density at radius 3 is 2.84 bits per heavy atom. The molecule has 4 rings (SSSR count). The Hall–Kier alpha value is -2.92. The topological polar surface area (TPSA) is 71.5 Å². The van der Waals surface area contributed by atoms with Crippen LogP contribution in [0, 0.1) is 0 Å². The van der Waals surface area contributed by atoms with Crippen molar-refractivity contribution in [3.8, 4) is 17.0 Å². The zero-order valence-corrected chi connectivity index (χ0v) is 13.6. The van der Waals surface area contributed by atoms with Crippen LogP contribution in [-0.2, 0) is 0 Å². The van der Waals surface area contributed by atoms with Crippen LogP contribution in [-0.4, -0.2) is 35.3 Å². The van der Waals surface area contributed by atoms with E-state index in [0.29, 0.717) is 5.52 Å². The van der Waals surface area contributed by atoms with Crippen molar-refractivity contribution in [3.05, 3.63) is 60.2 Å². The molecule has 2 heterocycles. The van der Waals surface area contributed by atoms with E-state index in [1.54, 1.807) is 12.1 Å². The van der Waals surface area contributed by atoms with Gasteiger partial charge in [-0.2, -0.15) is 0 Å². The van der Waals surface area contributed by atoms with Crippen molar-refractivity contribution in [2.24, 2.45) is 0 Å². The number of nitrogens with zero attached hydrogens (tertiary/aromatic N) is 1. The number of fused-ring (bicyclic) bond motifs is 1. The van der Waals surface area contributed by atoms with Crippen LogP contribution in [0.3, 0.4) is 0 Å². The van der Waals surface area contributed by atoms with E-state index in [-0.39, 0.29) is 11.7 Å². The first-order valence-electron chi connectivity index (χ1n) is 8.31. The second-order valence-electron chi connectivity index (χ2n) is 6.14. The van der Waals surface area contributed by atoms with Crippen LogP contribution in [0.15, 0.2) is 54.6 Å². The summed E-state index contributed by atoms with van der Waals surface area (Å²) in [5.74, 6) is -0.166. The van der Waals surface area contributed by atoms with Crippen molar-refractivity contribution in [1.29, 1.82) is 0 Å². The Balaban J connectivity index is 1.71. The molecule has 0 amide bonds.